The van der Waals surface area contributed by atoms with E-state index in [0.29, 0.717) is 37.0 Å². The first-order valence-corrected chi connectivity index (χ1v) is 11.2. The van der Waals surface area contributed by atoms with Gasteiger partial charge in [-0.2, -0.15) is 0 Å². The third-order valence-corrected chi connectivity index (χ3v) is 5.10. The largest absolute Gasteiger partial charge is 0.355 e. The summed E-state index contributed by atoms with van der Waals surface area (Å²) in [5.74, 6) is 0.703. The highest BCUT2D eigenvalue weighted by atomic mass is 79.9. The van der Waals surface area contributed by atoms with Crippen LogP contribution in [0.1, 0.15) is 34.9 Å². The maximum atomic E-state index is 12.5. The van der Waals surface area contributed by atoms with Crippen molar-refractivity contribution in [3.8, 4) is 0 Å². The van der Waals surface area contributed by atoms with E-state index >= 15 is 0 Å². The lowest BCUT2D eigenvalue weighted by molar-refractivity contribution is -0.0424. The zero-order valence-corrected chi connectivity index (χ0v) is 18.5. The van der Waals surface area contributed by atoms with Gasteiger partial charge in [0.2, 0.25) is 0 Å². The zero-order chi connectivity index (χ0) is 19.6. The molecule has 2 aromatic rings. The third kappa shape index (κ3) is 7.41. The van der Waals surface area contributed by atoms with E-state index in [1.807, 2.05) is 6.92 Å². The highest BCUT2D eigenvalue weighted by Crippen LogP contribution is 2.17. The van der Waals surface area contributed by atoms with Gasteiger partial charge in [-0.05, 0) is 25.8 Å². The monoisotopic (exact) mass is 454 g/mol. The first kappa shape index (κ1) is 22.1. The van der Waals surface area contributed by atoms with Crippen molar-refractivity contribution < 1.29 is 9.47 Å². The molecule has 1 aromatic carbocycles. The quantitative estimate of drug-likeness (QED) is 0.182. The molecule has 27 heavy (non-hydrogen) atoms. The number of ether oxygens (including phenoxy) is 2. The molecule has 0 aliphatic heterocycles. The number of H-pyrrole nitrogens is 1. The number of benzene rings is 1. The van der Waals surface area contributed by atoms with Gasteiger partial charge in [-0.3, -0.25) is 4.79 Å². The van der Waals surface area contributed by atoms with Crippen molar-refractivity contribution in [3.05, 3.63) is 56.5 Å². The van der Waals surface area contributed by atoms with Crippen molar-refractivity contribution in [2.24, 2.45) is 0 Å². The van der Waals surface area contributed by atoms with Crippen molar-refractivity contribution in [3.63, 3.8) is 0 Å². The van der Waals surface area contributed by atoms with Crippen LogP contribution in [0.4, 0.5) is 0 Å². The number of rotatable bonds is 11. The highest BCUT2D eigenvalue weighted by Gasteiger charge is 2.12. The van der Waals surface area contributed by atoms with Gasteiger partial charge in [0.1, 0.15) is 6.79 Å². The predicted octanol–water partition coefficient (Wildman–Crippen LogP) is 4.02. The predicted molar refractivity (Wildman–Crippen MR) is 114 cm³/mol. The van der Waals surface area contributed by atoms with Crippen LogP contribution in [0.5, 0.6) is 0 Å². The van der Waals surface area contributed by atoms with Gasteiger partial charge in [-0.25, -0.2) is 4.98 Å². The Balaban J connectivity index is 2.04. The minimum absolute atomic E-state index is 0.0454. The molecule has 148 valence electrons. The molecule has 0 saturated heterocycles. The van der Waals surface area contributed by atoms with E-state index in [9.17, 15) is 4.79 Å². The number of hydrogen-bond acceptors (Lipinski definition) is 5. The lowest BCUT2D eigenvalue weighted by Crippen LogP contribution is -2.19. The van der Waals surface area contributed by atoms with Crippen molar-refractivity contribution in [2.45, 2.75) is 38.8 Å². The Kier molecular flexibility index (Phi) is 9.54. The van der Waals surface area contributed by atoms with E-state index in [1.165, 1.54) is 28.5 Å². The number of nitrogens with zero attached hydrogens (tertiary/aromatic N) is 1. The Hall–Kier alpha value is -1.15. The Morgan fingerprint density at radius 3 is 2.52 bits per heavy atom. The summed E-state index contributed by atoms with van der Waals surface area (Å²) in [6.45, 7) is 7.62. The normalized spacial score (nSPS) is 11.1. The summed E-state index contributed by atoms with van der Waals surface area (Å²) >= 11 is 4.78. The number of thioether (sulfide) groups is 1. The van der Waals surface area contributed by atoms with E-state index in [1.54, 1.807) is 0 Å². The number of aryl methyl sites for hydroxylation is 2. The first-order chi connectivity index (χ1) is 13.0. The summed E-state index contributed by atoms with van der Waals surface area (Å²) in [5, 5.41) is 1.44. The van der Waals surface area contributed by atoms with Crippen LogP contribution < -0.4 is 5.56 Å². The Morgan fingerprint density at radius 1 is 1.15 bits per heavy atom. The van der Waals surface area contributed by atoms with Gasteiger partial charge >= 0.3 is 0 Å². The average molecular weight is 455 g/mol. The van der Waals surface area contributed by atoms with E-state index < -0.39 is 0 Å². The molecule has 2 rings (SSSR count). The minimum atomic E-state index is -0.0454. The summed E-state index contributed by atoms with van der Waals surface area (Å²) in [6.07, 6.45) is 1.33. The van der Waals surface area contributed by atoms with Crippen molar-refractivity contribution in [1.29, 1.82) is 0 Å². The highest BCUT2D eigenvalue weighted by molar-refractivity contribution is 9.09. The summed E-state index contributed by atoms with van der Waals surface area (Å²) in [4.78, 5) is 20.1. The number of hydrogen-bond donors (Lipinski definition) is 1. The second-order valence-electron chi connectivity index (χ2n) is 6.29. The molecule has 0 saturated carbocycles. The number of aromatic amines is 1. The molecule has 0 aliphatic rings. The van der Waals surface area contributed by atoms with E-state index in [4.69, 9.17) is 14.5 Å². The zero-order valence-electron chi connectivity index (χ0n) is 16.1. The molecule has 1 heterocycles. The number of halogens is 1. The van der Waals surface area contributed by atoms with Gasteiger partial charge in [0.15, 0.2) is 5.16 Å². The number of alkyl halides is 1. The van der Waals surface area contributed by atoms with Crippen LogP contribution in [0.15, 0.2) is 28.2 Å². The molecule has 0 fully saturated rings. The second kappa shape index (κ2) is 11.6. The van der Waals surface area contributed by atoms with Gasteiger partial charge in [-0.15, -0.1) is 0 Å². The summed E-state index contributed by atoms with van der Waals surface area (Å²) in [7, 11) is 0. The summed E-state index contributed by atoms with van der Waals surface area (Å²) in [6, 6.07) is 6.46. The number of aromatic nitrogens is 2. The van der Waals surface area contributed by atoms with E-state index in [0.717, 1.165) is 16.6 Å². The molecule has 0 amide bonds. The van der Waals surface area contributed by atoms with Crippen molar-refractivity contribution in [2.75, 3.05) is 31.1 Å². The molecule has 0 unspecified atom stereocenters. The van der Waals surface area contributed by atoms with Gasteiger partial charge in [0, 0.05) is 23.1 Å². The maximum absolute atomic E-state index is 12.5. The summed E-state index contributed by atoms with van der Waals surface area (Å²) < 4.78 is 10.6. The molecule has 0 aliphatic carbocycles. The molecule has 0 spiro atoms. The van der Waals surface area contributed by atoms with Gasteiger partial charge in [0.05, 0.1) is 18.9 Å². The van der Waals surface area contributed by atoms with Gasteiger partial charge < -0.3 is 14.5 Å². The average Bonchev–Trinajstić information content (AvgIpc) is 2.60. The third-order valence-electron chi connectivity index (χ3n) is 3.94. The van der Waals surface area contributed by atoms with Crippen LogP contribution in [0.2, 0.25) is 0 Å². The summed E-state index contributed by atoms with van der Waals surface area (Å²) in [5.41, 5.74) is 5.20. The van der Waals surface area contributed by atoms with Crippen LogP contribution in [0.3, 0.4) is 0 Å². The Labute approximate surface area is 173 Å². The fraction of sp³-hybridized carbons (Fsp3) is 0.500. The van der Waals surface area contributed by atoms with E-state index in [-0.39, 0.29) is 12.4 Å². The van der Waals surface area contributed by atoms with E-state index in [2.05, 4.69) is 53.0 Å². The smallest absolute Gasteiger partial charge is 0.254 e. The lowest BCUT2D eigenvalue weighted by Gasteiger charge is -2.10. The fourth-order valence-corrected chi connectivity index (χ4v) is 3.86. The minimum Gasteiger partial charge on any atom is -0.355 e. The molecular formula is C20H27BrN2O3S. The Bertz CT molecular complexity index is 775. The van der Waals surface area contributed by atoms with Crippen LogP contribution >= 0.6 is 27.7 Å². The molecule has 0 atom stereocenters. The van der Waals surface area contributed by atoms with Crippen LogP contribution in [0, 0.1) is 13.8 Å². The van der Waals surface area contributed by atoms with Crippen LogP contribution in [-0.2, 0) is 22.3 Å². The van der Waals surface area contributed by atoms with Gasteiger partial charge in [0.25, 0.3) is 5.56 Å². The lowest BCUT2D eigenvalue weighted by atomic mass is 10.0. The Morgan fingerprint density at radius 2 is 1.85 bits per heavy atom. The molecule has 5 nitrogen and oxygen atoms in total. The van der Waals surface area contributed by atoms with Crippen molar-refractivity contribution >= 4 is 27.7 Å². The van der Waals surface area contributed by atoms with Crippen molar-refractivity contribution in [1.82, 2.24) is 9.97 Å². The molecular weight excluding hydrogens is 428 g/mol. The number of nitrogens with one attached hydrogen (secondary N) is 1. The van der Waals surface area contributed by atoms with Gasteiger partial charge in [-0.1, -0.05) is 63.9 Å². The molecule has 7 heteroatoms. The molecule has 0 radical (unpaired) electrons. The van der Waals surface area contributed by atoms with Crippen LogP contribution in [0.25, 0.3) is 0 Å². The fourth-order valence-electron chi connectivity index (χ4n) is 2.89. The van der Waals surface area contributed by atoms with Crippen LogP contribution in [-0.4, -0.2) is 41.1 Å². The second-order valence-corrected chi connectivity index (χ2v) is 8.17. The molecule has 1 aromatic heterocycles. The first-order valence-electron chi connectivity index (χ1n) is 9.07. The SMILES string of the molecule is CCc1c(Cc2cc(C)cc(C)c2)nc(SCCOCOCCBr)[nH]c1=O. The maximum Gasteiger partial charge on any atom is 0.254 e. The standard InChI is InChI=1S/C20H27BrN2O3S/c1-4-17-18(12-16-10-14(2)9-15(3)11-16)22-20(23-19(17)24)27-8-7-26-13-25-6-5-21/h9-11H,4-8,12-13H2,1-3H3,(H,22,23,24). The topological polar surface area (TPSA) is 64.2 Å². The molecule has 0 bridgehead atoms. The molecule has 1 N–H and O–H groups in total.